The lowest BCUT2D eigenvalue weighted by molar-refractivity contribution is -0.132. The van der Waals surface area contributed by atoms with Crippen LogP contribution in [0.5, 0.6) is 0 Å². The lowest BCUT2D eigenvalue weighted by Gasteiger charge is -1.97. The topological polar surface area (TPSA) is 34.1 Å². The highest BCUT2D eigenvalue weighted by atomic mass is 19.2. The molecule has 0 saturated carbocycles. The van der Waals surface area contributed by atoms with Gasteiger partial charge in [-0.1, -0.05) is 0 Å². The van der Waals surface area contributed by atoms with Gasteiger partial charge < -0.3 is 0 Å². The van der Waals surface area contributed by atoms with Gasteiger partial charge in [0.15, 0.2) is 5.83 Å². The summed E-state index contributed by atoms with van der Waals surface area (Å²) in [5.41, 5.74) is 0. The SMILES string of the molecule is O=C1C=CC(F)=C(F)C1=O. The van der Waals surface area contributed by atoms with Gasteiger partial charge in [-0.25, -0.2) is 4.39 Å². The lowest BCUT2D eigenvalue weighted by atomic mass is 10.1. The Labute approximate surface area is 54.8 Å². The van der Waals surface area contributed by atoms with Crippen LogP contribution in [-0.2, 0) is 9.59 Å². The number of halogens is 2. The van der Waals surface area contributed by atoms with E-state index >= 15 is 0 Å². The van der Waals surface area contributed by atoms with Crippen LogP contribution in [0.25, 0.3) is 0 Å². The van der Waals surface area contributed by atoms with Gasteiger partial charge in [0.1, 0.15) is 0 Å². The maximum absolute atomic E-state index is 12.1. The van der Waals surface area contributed by atoms with E-state index in [1.54, 1.807) is 0 Å². The molecule has 0 heterocycles. The third kappa shape index (κ3) is 0.877. The van der Waals surface area contributed by atoms with E-state index < -0.39 is 23.2 Å². The van der Waals surface area contributed by atoms with Crippen molar-refractivity contribution < 1.29 is 18.4 Å². The van der Waals surface area contributed by atoms with Crippen LogP contribution in [0.15, 0.2) is 23.8 Å². The predicted octanol–water partition coefficient (Wildman–Crippen LogP) is 0.845. The van der Waals surface area contributed by atoms with Crippen molar-refractivity contribution in [1.82, 2.24) is 0 Å². The number of carbonyl (C=O) groups is 2. The Hall–Kier alpha value is -1.32. The van der Waals surface area contributed by atoms with Gasteiger partial charge in [-0.3, -0.25) is 9.59 Å². The largest absolute Gasteiger partial charge is 0.285 e. The molecule has 0 bridgehead atoms. The number of ketones is 2. The van der Waals surface area contributed by atoms with Gasteiger partial charge in [-0.05, 0) is 12.2 Å². The fourth-order valence-corrected chi connectivity index (χ4v) is 0.514. The molecule has 2 nitrogen and oxygen atoms in total. The fourth-order valence-electron chi connectivity index (χ4n) is 0.514. The van der Waals surface area contributed by atoms with E-state index in [2.05, 4.69) is 0 Å². The van der Waals surface area contributed by atoms with E-state index in [0.29, 0.717) is 12.2 Å². The summed E-state index contributed by atoms with van der Waals surface area (Å²) in [6, 6.07) is 0. The molecule has 1 aliphatic rings. The van der Waals surface area contributed by atoms with E-state index in [0.717, 1.165) is 0 Å². The van der Waals surface area contributed by atoms with Crippen molar-refractivity contribution in [1.29, 1.82) is 0 Å². The van der Waals surface area contributed by atoms with Crippen LogP contribution in [0.2, 0.25) is 0 Å². The van der Waals surface area contributed by atoms with E-state index in [9.17, 15) is 18.4 Å². The molecule has 0 unspecified atom stereocenters. The minimum Gasteiger partial charge on any atom is -0.285 e. The molecule has 0 amide bonds. The van der Waals surface area contributed by atoms with Gasteiger partial charge in [0.2, 0.25) is 11.6 Å². The smallest absolute Gasteiger partial charge is 0.264 e. The summed E-state index contributed by atoms with van der Waals surface area (Å²) in [5.74, 6) is -5.34. The van der Waals surface area contributed by atoms with Crippen molar-refractivity contribution in [3.63, 3.8) is 0 Å². The number of rotatable bonds is 0. The first-order valence-electron chi connectivity index (χ1n) is 2.45. The Balaban J connectivity index is 3.11. The van der Waals surface area contributed by atoms with Crippen molar-refractivity contribution in [2.45, 2.75) is 0 Å². The third-order valence-corrected chi connectivity index (χ3v) is 1.01. The summed E-state index contributed by atoms with van der Waals surface area (Å²) in [6.45, 7) is 0. The molecule has 1 aliphatic carbocycles. The molecule has 0 aromatic heterocycles. The molecule has 0 aromatic rings. The van der Waals surface area contributed by atoms with E-state index in [1.165, 1.54) is 0 Å². The number of allylic oxidation sites excluding steroid dienone is 4. The summed E-state index contributed by atoms with van der Waals surface area (Å²) >= 11 is 0. The Morgan fingerprint density at radius 3 is 2.20 bits per heavy atom. The van der Waals surface area contributed by atoms with Crippen LogP contribution >= 0.6 is 0 Å². The first kappa shape index (κ1) is 6.80. The highest BCUT2D eigenvalue weighted by Crippen LogP contribution is 2.15. The molecule has 0 aromatic carbocycles. The Morgan fingerprint density at radius 1 is 1.10 bits per heavy atom. The first-order chi connectivity index (χ1) is 4.63. The second-order valence-corrected chi connectivity index (χ2v) is 1.69. The summed E-state index contributed by atoms with van der Waals surface area (Å²) in [4.78, 5) is 20.5. The molecule has 10 heavy (non-hydrogen) atoms. The maximum atomic E-state index is 12.1. The van der Waals surface area contributed by atoms with Gasteiger partial charge in [0.25, 0.3) is 5.78 Å². The van der Waals surface area contributed by atoms with Crippen molar-refractivity contribution in [2.24, 2.45) is 0 Å². The molecule has 0 aliphatic heterocycles. The minimum absolute atomic E-state index is 0.624. The molecule has 1 rings (SSSR count). The molecular formula is C6H2F2O2. The van der Waals surface area contributed by atoms with Gasteiger partial charge in [-0.2, -0.15) is 4.39 Å². The molecular weight excluding hydrogens is 142 g/mol. The number of Topliss-reactive ketones (excluding diaryl/α,β-unsaturated/α-hetero) is 1. The van der Waals surface area contributed by atoms with Gasteiger partial charge in [0, 0.05) is 0 Å². The van der Waals surface area contributed by atoms with Crippen molar-refractivity contribution in [2.75, 3.05) is 0 Å². The molecule has 0 saturated heterocycles. The third-order valence-electron chi connectivity index (χ3n) is 1.01. The zero-order valence-corrected chi connectivity index (χ0v) is 4.73. The average Bonchev–Trinajstić information content (AvgIpc) is 1.93. The fraction of sp³-hybridized carbons (Fsp3) is 0. The number of hydrogen-bond acceptors (Lipinski definition) is 2. The van der Waals surface area contributed by atoms with Crippen molar-refractivity contribution in [3.8, 4) is 0 Å². The van der Waals surface area contributed by atoms with E-state index in [1.807, 2.05) is 0 Å². The molecule has 4 heteroatoms. The van der Waals surface area contributed by atoms with Crippen LogP contribution in [-0.4, -0.2) is 11.6 Å². The summed E-state index contributed by atoms with van der Waals surface area (Å²) in [7, 11) is 0. The molecule has 52 valence electrons. The average molecular weight is 144 g/mol. The standard InChI is InChI=1S/C6H2F2O2/c7-3-1-2-4(9)6(10)5(3)8/h1-2H. The number of hydrogen-bond donors (Lipinski definition) is 0. The van der Waals surface area contributed by atoms with E-state index in [4.69, 9.17) is 0 Å². The van der Waals surface area contributed by atoms with Gasteiger partial charge >= 0.3 is 0 Å². The summed E-state index contributed by atoms with van der Waals surface area (Å²) < 4.78 is 24.1. The Kier molecular flexibility index (Phi) is 1.45. The molecule has 0 fully saturated rings. The Morgan fingerprint density at radius 2 is 1.70 bits per heavy atom. The first-order valence-corrected chi connectivity index (χ1v) is 2.45. The van der Waals surface area contributed by atoms with Crippen LogP contribution in [0, 0.1) is 0 Å². The summed E-state index contributed by atoms with van der Waals surface area (Å²) in [5, 5.41) is 0. The number of carbonyl (C=O) groups excluding carboxylic acids is 2. The lowest BCUT2D eigenvalue weighted by Crippen LogP contribution is -2.15. The molecule has 0 atom stereocenters. The molecule has 0 radical (unpaired) electrons. The second-order valence-electron chi connectivity index (χ2n) is 1.69. The second kappa shape index (κ2) is 2.13. The van der Waals surface area contributed by atoms with Crippen molar-refractivity contribution >= 4 is 11.6 Å². The monoisotopic (exact) mass is 144 g/mol. The predicted molar refractivity (Wildman–Crippen MR) is 28.4 cm³/mol. The summed E-state index contributed by atoms with van der Waals surface area (Å²) in [6.07, 6.45) is 1.32. The van der Waals surface area contributed by atoms with Crippen LogP contribution in [0.3, 0.4) is 0 Å². The highest BCUT2D eigenvalue weighted by molar-refractivity contribution is 6.47. The Bertz CT molecular complexity index is 263. The normalized spacial score (nSPS) is 18.6. The van der Waals surface area contributed by atoms with Crippen LogP contribution < -0.4 is 0 Å². The zero-order valence-electron chi connectivity index (χ0n) is 4.73. The van der Waals surface area contributed by atoms with Crippen LogP contribution in [0.1, 0.15) is 0 Å². The highest BCUT2D eigenvalue weighted by Gasteiger charge is 2.23. The van der Waals surface area contributed by atoms with Gasteiger partial charge in [0.05, 0.1) is 0 Å². The van der Waals surface area contributed by atoms with Gasteiger partial charge in [-0.15, -0.1) is 0 Å². The maximum Gasteiger partial charge on any atom is 0.264 e. The van der Waals surface area contributed by atoms with Crippen molar-refractivity contribution in [3.05, 3.63) is 23.8 Å². The zero-order chi connectivity index (χ0) is 7.72. The van der Waals surface area contributed by atoms with E-state index in [-0.39, 0.29) is 0 Å². The minimum atomic E-state index is -1.60. The van der Waals surface area contributed by atoms with Crippen LogP contribution in [0.4, 0.5) is 8.78 Å². The molecule has 0 N–H and O–H groups in total. The quantitative estimate of drug-likeness (QED) is 0.373. The molecule has 0 spiro atoms.